The molecule has 4 rings (SSSR count). The molecule has 0 amide bonds. The molecule has 6 nitrogen and oxygen atoms in total. The number of fused-ring (bicyclic) bond motifs is 3. The van der Waals surface area contributed by atoms with Gasteiger partial charge in [-0.2, -0.15) is 0 Å². The summed E-state index contributed by atoms with van der Waals surface area (Å²) in [4.78, 5) is 33.7. The molecular weight excluding hydrogens is 376 g/mol. The SMILES string of the molecule is Cc1cccc(OCCC(=O)OCc2nc3sc4c(c3c(=O)[nH]2)CCCC4)c1. The summed E-state index contributed by atoms with van der Waals surface area (Å²) in [7, 11) is 0. The number of aromatic nitrogens is 2. The number of aromatic amines is 1. The first-order chi connectivity index (χ1) is 13.6. The maximum Gasteiger partial charge on any atom is 0.309 e. The first kappa shape index (κ1) is 18.7. The monoisotopic (exact) mass is 398 g/mol. The summed E-state index contributed by atoms with van der Waals surface area (Å²) in [5, 5.41) is 0.710. The number of nitrogens with one attached hydrogen (secondary N) is 1. The van der Waals surface area contributed by atoms with E-state index in [1.54, 1.807) is 11.3 Å². The molecule has 1 aliphatic rings. The Morgan fingerprint density at radius 1 is 1.29 bits per heavy atom. The van der Waals surface area contributed by atoms with E-state index >= 15 is 0 Å². The standard InChI is InChI=1S/C21H22N2O4S/c1-13-5-4-6-14(11-13)26-10-9-18(24)27-12-17-22-20(25)19-15-7-2-3-8-16(15)28-21(19)23-17/h4-6,11H,2-3,7-10,12H2,1H3,(H,22,23,25). The van der Waals surface area contributed by atoms with Crippen molar-refractivity contribution in [3.8, 4) is 5.75 Å². The zero-order valence-corrected chi connectivity index (χ0v) is 16.6. The fourth-order valence-corrected chi connectivity index (χ4v) is 4.74. The number of H-pyrrole nitrogens is 1. The number of aryl methyl sites for hydroxylation is 3. The molecule has 0 aliphatic heterocycles. The third-order valence-corrected chi connectivity index (χ3v) is 5.99. The number of esters is 1. The van der Waals surface area contributed by atoms with Crippen molar-refractivity contribution < 1.29 is 14.3 Å². The predicted octanol–water partition coefficient (Wildman–Crippen LogP) is 3.68. The highest BCUT2D eigenvalue weighted by Gasteiger charge is 2.20. The normalized spacial score (nSPS) is 13.3. The van der Waals surface area contributed by atoms with Gasteiger partial charge >= 0.3 is 5.97 Å². The molecule has 0 bridgehead atoms. The molecule has 7 heteroatoms. The molecule has 2 aromatic heterocycles. The van der Waals surface area contributed by atoms with Gasteiger partial charge in [0, 0.05) is 4.88 Å². The number of carbonyl (C=O) groups excluding carboxylic acids is 1. The molecule has 1 aromatic carbocycles. The third-order valence-electron chi connectivity index (χ3n) is 4.81. The summed E-state index contributed by atoms with van der Waals surface area (Å²) in [5.74, 6) is 0.718. The smallest absolute Gasteiger partial charge is 0.309 e. The molecule has 28 heavy (non-hydrogen) atoms. The Morgan fingerprint density at radius 2 is 2.14 bits per heavy atom. The second-order valence-electron chi connectivity index (χ2n) is 6.98. The summed E-state index contributed by atoms with van der Waals surface area (Å²) >= 11 is 1.58. The van der Waals surface area contributed by atoms with E-state index in [1.165, 1.54) is 4.88 Å². The molecule has 0 spiro atoms. The second-order valence-corrected chi connectivity index (χ2v) is 8.06. The van der Waals surface area contributed by atoms with Crippen molar-refractivity contribution in [1.82, 2.24) is 9.97 Å². The van der Waals surface area contributed by atoms with Crippen LogP contribution in [0.4, 0.5) is 0 Å². The van der Waals surface area contributed by atoms with E-state index in [-0.39, 0.29) is 31.2 Å². The molecule has 0 radical (unpaired) electrons. The molecule has 3 aromatic rings. The number of rotatable bonds is 6. The van der Waals surface area contributed by atoms with Crippen LogP contribution in [0.5, 0.6) is 5.75 Å². The second kappa shape index (κ2) is 8.14. The van der Waals surface area contributed by atoms with Gasteiger partial charge < -0.3 is 14.5 Å². The molecule has 0 atom stereocenters. The van der Waals surface area contributed by atoms with E-state index in [1.807, 2.05) is 31.2 Å². The van der Waals surface area contributed by atoms with Gasteiger partial charge in [0.25, 0.3) is 5.56 Å². The molecule has 1 aliphatic carbocycles. The van der Waals surface area contributed by atoms with Gasteiger partial charge in [0.05, 0.1) is 18.4 Å². The van der Waals surface area contributed by atoms with Crippen molar-refractivity contribution in [2.45, 2.75) is 45.6 Å². The lowest BCUT2D eigenvalue weighted by molar-refractivity contribution is -0.145. The number of ether oxygens (including phenoxy) is 2. The van der Waals surface area contributed by atoms with Crippen LogP contribution in [-0.2, 0) is 29.0 Å². The fourth-order valence-electron chi connectivity index (χ4n) is 3.46. The first-order valence-corrected chi connectivity index (χ1v) is 10.3. The Kier molecular flexibility index (Phi) is 5.43. The summed E-state index contributed by atoms with van der Waals surface area (Å²) in [6.07, 6.45) is 4.36. The number of benzene rings is 1. The summed E-state index contributed by atoms with van der Waals surface area (Å²) in [6, 6.07) is 7.65. The molecule has 146 valence electrons. The van der Waals surface area contributed by atoms with Gasteiger partial charge in [0.2, 0.25) is 0 Å². The largest absolute Gasteiger partial charge is 0.493 e. The van der Waals surface area contributed by atoms with E-state index < -0.39 is 0 Å². The average molecular weight is 398 g/mol. The summed E-state index contributed by atoms with van der Waals surface area (Å²) in [5.41, 5.74) is 2.11. The zero-order valence-electron chi connectivity index (χ0n) is 15.7. The molecule has 1 N–H and O–H groups in total. The van der Waals surface area contributed by atoms with Crippen LogP contribution in [0, 0.1) is 6.92 Å². The summed E-state index contributed by atoms with van der Waals surface area (Å²) < 4.78 is 10.8. The minimum Gasteiger partial charge on any atom is -0.493 e. The third kappa shape index (κ3) is 4.09. The van der Waals surface area contributed by atoms with Crippen LogP contribution in [0.15, 0.2) is 29.1 Å². The Hall–Kier alpha value is -2.67. The zero-order chi connectivity index (χ0) is 19.5. The number of thiophene rings is 1. The number of carbonyl (C=O) groups is 1. The van der Waals surface area contributed by atoms with Crippen LogP contribution in [0.25, 0.3) is 10.2 Å². The van der Waals surface area contributed by atoms with Crippen molar-refractivity contribution in [2.75, 3.05) is 6.61 Å². The van der Waals surface area contributed by atoms with E-state index in [2.05, 4.69) is 9.97 Å². The summed E-state index contributed by atoms with van der Waals surface area (Å²) in [6.45, 7) is 2.18. The molecule has 0 unspecified atom stereocenters. The van der Waals surface area contributed by atoms with Crippen LogP contribution in [0.3, 0.4) is 0 Å². The van der Waals surface area contributed by atoms with Crippen molar-refractivity contribution in [3.63, 3.8) is 0 Å². The molecule has 0 saturated heterocycles. The Balaban J connectivity index is 1.34. The van der Waals surface area contributed by atoms with E-state index in [4.69, 9.17) is 9.47 Å². The van der Waals surface area contributed by atoms with Crippen molar-refractivity contribution in [3.05, 3.63) is 56.4 Å². The van der Waals surface area contributed by atoms with Crippen molar-refractivity contribution >= 4 is 27.5 Å². The lowest BCUT2D eigenvalue weighted by Gasteiger charge is -2.09. The van der Waals surface area contributed by atoms with Gasteiger partial charge in [0.15, 0.2) is 0 Å². The molecule has 0 saturated carbocycles. The van der Waals surface area contributed by atoms with Gasteiger partial charge in [-0.1, -0.05) is 12.1 Å². The minimum absolute atomic E-state index is 0.0446. The highest BCUT2D eigenvalue weighted by atomic mass is 32.1. The Morgan fingerprint density at radius 3 is 3.00 bits per heavy atom. The number of hydrogen-bond donors (Lipinski definition) is 1. The average Bonchev–Trinajstić information content (AvgIpc) is 3.05. The van der Waals surface area contributed by atoms with Crippen molar-refractivity contribution in [2.24, 2.45) is 0 Å². The van der Waals surface area contributed by atoms with Gasteiger partial charge in [-0.05, 0) is 55.9 Å². The lowest BCUT2D eigenvalue weighted by atomic mass is 9.97. The topological polar surface area (TPSA) is 81.3 Å². The lowest BCUT2D eigenvalue weighted by Crippen LogP contribution is -2.16. The fraction of sp³-hybridized carbons (Fsp3) is 0.381. The number of nitrogens with zero attached hydrogens (tertiary/aromatic N) is 1. The minimum atomic E-state index is -0.388. The highest BCUT2D eigenvalue weighted by molar-refractivity contribution is 7.18. The van der Waals surface area contributed by atoms with Gasteiger partial charge in [0.1, 0.15) is 23.0 Å². The molecular formula is C21H22N2O4S. The highest BCUT2D eigenvalue weighted by Crippen LogP contribution is 2.33. The van der Waals surface area contributed by atoms with E-state index in [9.17, 15) is 9.59 Å². The van der Waals surface area contributed by atoms with Crippen LogP contribution in [0.1, 0.15) is 41.1 Å². The predicted molar refractivity (Wildman–Crippen MR) is 108 cm³/mol. The number of hydrogen-bond acceptors (Lipinski definition) is 6. The Bertz CT molecular complexity index is 1070. The maximum absolute atomic E-state index is 12.5. The van der Waals surface area contributed by atoms with Gasteiger partial charge in [-0.15, -0.1) is 11.3 Å². The van der Waals surface area contributed by atoms with Gasteiger partial charge in [-0.3, -0.25) is 9.59 Å². The molecule has 2 heterocycles. The van der Waals surface area contributed by atoms with Crippen LogP contribution in [0.2, 0.25) is 0 Å². The van der Waals surface area contributed by atoms with Crippen LogP contribution < -0.4 is 10.3 Å². The Labute approximate surface area is 166 Å². The first-order valence-electron chi connectivity index (χ1n) is 9.48. The van der Waals surface area contributed by atoms with Crippen LogP contribution in [-0.4, -0.2) is 22.5 Å². The quantitative estimate of drug-likeness (QED) is 0.641. The maximum atomic E-state index is 12.5. The molecule has 0 fully saturated rings. The van der Waals surface area contributed by atoms with Crippen LogP contribution >= 0.6 is 11.3 Å². The van der Waals surface area contributed by atoms with Gasteiger partial charge in [-0.25, -0.2) is 4.98 Å². The van der Waals surface area contributed by atoms with E-state index in [0.717, 1.165) is 47.4 Å². The van der Waals surface area contributed by atoms with Crippen molar-refractivity contribution in [1.29, 1.82) is 0 Å². The van der Waals surface area contributed by atoms with E-state index in [0.29, 0.717) is 11.2 Å².